The molecule has 126 valence electrons. The summed E-state index contributed by atoms with van der Waals surface area (Å²) >= 11 is 1.12. The first-order valence-corrected chi connectivity index (χ1v) is 8.07. The standard InChI is InChI=1S/C18H13FN2O3S/c1-24-18(23)15-16(22)14(10-13-4-2-3-9-20-13)25-17(15)21-12-7-5-11(19)6-8-12/h2-10,22H,1H3. The van der Waals surface area contributed by atoms with Crippen molar-refractivity contribution in [2.75, 3.05) is 7.11 Å². The fourth-order valence-electron chi connectivity index (χ4n) is 2.12. The number of carbonyl (C=O) groups excluding carboxylic acids is 1. The minimum absolute atomic E-state index is 0.0287. The Morgan fingerprint density at radius 1 is 1.28 bits per heavy atom. The summed E-state index contributed by atoms with van der Waals surface area (Å²) in [5, 5.41) is 10.7. The van der Waals surface area contributed by atoms with Gasteiger partial charge in [-0.2, -0.15) is 0 Å². The molecule has 5 nitrogen and oxygen atoms in total. The Hall–Kier alpha value is -2.93. The summed E-state index contributed by atoms with van der Waals surface area (Å²) in [5.74, 6) is -1.30. The molecule has 0 radical (unpaired) electrons. The molecule has 0 atom stereocenters. The molecule has 2 aromatic rings. The number of benzene rings is 1. The summed E-state index contributed by atoms with van der Waals surface area (Å²) < 4.78 is 17.8. The molecular weight excluding hydrogens is 343 g/mol. The number of thioether (sulfide) groups is 1. The molecule has 0 unspecified atom stereocenters. The minimum atomic E-state index is -0.699. The van der Waals surface area contributed by atoms with Crippen molar-refractivity contribution in [1.29, 1.82) is 0 Å². The third-order valence-electron chi connectivity index (χ3n) is 3.30. The van der Waals surface area contributed by atoms with Gasteiger partial charge < -0.3 is 9.84 Å². The number of aliphatic hydroxyl groups excluding tert-OH is 1. The normalized spacial score (nSPS) is 17.4. The first-order chi connectivity index (χ1) is 12.1. The van der Waals surface area contributed by atoms with Crippen LogP contribution in [0.2, 0.25) is 0 Å². The van der Waals surface area contributed by atoms with Crippen LogP contribution in [-0.4, -0.2) is 28.2 Å². The average molecular weight is 356 g/mol. The fraction of sp³-hybridized carbons (Fsp3) is 0.0556. The van der Waals surface area contributed by atoms with Gasteiger partial charge >= 0.3 is 5.97 Å². The highest BCUT2D eigenvalue weighted by Gasteiger charge is 2.33. The van der Waals surface area contributed by atoms with Crippen LogP contribution < -0.4 is 0 Å². The van der Waals surface area contributed by atoms with E-state index in [0.717, 1.165) is 11.8 Å². The average Bonchev–Trinajstić information content (AvgIpc) is 2.92. The van der Waals surface area contributed by atoms with Crippen molar-refractivity contribution >= 4 is 34.5 Å². The summed E-state index contributed by atoms with van der Waals surface area (Å²) in [7, 11) is 1.23. The van der Waals surface area contributed by atoms with E-state index in [2.05, 4.69) is 9.98 Å². The topological polar surface area (TPSA) is 71.8 Å². The van der Waals surface area contributed by atoms with Crippen LogP contribution in [0.15, 0.2) is 69.9 Å². The number of methoxy groups -OCH3 is 1. The lowest BCUT2D eigenvalue weighted by molar-refractivity contribution is -0.135. The first kappa shape index (κ1) is 16.9. The molecule has 0 aliphatic carbocycles. The van der Waals surface area contributed by atoms with Gasteiger partial charge in [-0.3, -0.25) is 4.98 Å². The van der Waals surface area contributed by atoms with Crippen LogP contribution in [0.4, 0.5) is 10.1 Å². The Morgan fingerprint density at radius 3 is 2.68 bits per heavy atom. The maximum absolute atomic E-state index is 13.0. The Bertz CT molecular complexity index is 890. The quantitative estimate of drug-likeness (QED) is 0.841. The highest BCUT2D eigenvalue weighted by atomic mass is 32.2. The second-order valence-electron chi connectivity index (χ2n) is 4.97. The van der Waals surface area contributed by atoms with E-state index in [9.17, 15) is 14.3 Å². The lowest BCUT2D eigenvalue weighted by atomic mass is 10.2. The summed E-state index contributed by atoms with van der Waals surface area (Å²) in [6, 6.07) is 10.9. The molecule has 0 amide bonds. The molecule has 0 spiro atoms. The summed E-state index contributed by atoms with van der Waals surface area (Å²) in [6.07, 6.45) is 3.28. The highest BCUT2D eigenvalue weighted by Crippen LogP contribution is 2.39. The van der Waals surface area contributed by atoms with Crippen LogP contribution in [0.3, 0.4) is 0 Å². The number of halogens is 1. The lowest BCUT2D eigenvalue weighted by Gasteiger charge is -2.01. The van der Waals surface area contributed by atoms with Gasteiger partial charge in [0.2, 0.25) is 0 Å². The van der Waals surface area contributed by atoms with Crippen molar-refractivity contribution in [3.8, 4) is 0 Å². The number of esters is 1. The number of hydrogen-bond acceptors (Lipinski definition) is 6. The van der Waals surface area contributed by atoms with Crippen LogP contribution in [0.5, 0.6) is 0 Å². The van der Waals surface area contributed by atoms with E-state index in [0.29, 0.717) is 16.3 Å². The minimum Gasteiger partial charge on any atom is -0.506 e. The molecule has 1 aromatic heterocycles. The van der Waals surface area contributed by atoms with Gasteiger partial charge in [-0.05, 0) is 42.5 Å². The lowest BCUT2D eigenvalue weighted by Crippen LogP contribution is -2.10. The third-order valence-corrected chi connectivity index (χ3v) is 4.32. The van der Waals surface area contributed by atoms with Crippen molar-refractivity contribution in [3.05, 3.63) is 76.4 Å². The Kier molecular flexibility index (Phi) is 4.95. The maximum Gasteiger partial charge on any atom is 0.344 e. The van der Waals surface area contributed by atoms with Crippen LogP contribution in [0.25, 0.3) is 6.08 Å². The predicted molar refractivity (Wildman–Crippen MR) is 95.0 cm³/mol. The van der Waals surface area contributed by atoms with Crippen molar-refractivity contribution in [2.45, 2.75) is 0 Å². The van der Waals surface area contributed by atoms with E-state index in [1.807, 2.05) is 6.07 Å². The molecule has 0 fully saturated rings. The van der Waals surface area contributed by atoms with Gasteiger partial charge in [0.15, 0.2) is 0 Å². The molecule has 1 N–H and O–H groups in total. The van der Waals surface area contributed by atoms with Crippen LogP contribution in [0, 0.1) is 5.82 Å². The van der Waals surface area contributed by atoms with Gasteiger partial charge in [-0.15, -0.1) is 0 Å². The Balaban J connectivity index is 2.03. The number of hydrogen-bond donors (Lipinski definition) is 1. The van der Waals surface area contributed by atoms with Gasteiger partial charge in [0.1, 0.15) is 22.2 Å². The zero-order valence-electron chi connectivity index (χ0n) is 13.1. The van der Waals surface area contributed by atoms with E-state index in [-0.39, 0.29) is 22.2 Å². The van der Waals surface area contributed by atoms with Gasteiger partial charge in [-0.1, -0.05) is 17.8 Å². The smallest absolute Gasteiger partial charge is 0.344 e. The second-order valence-corrected chi connectivity index (χ2v) is 6.00. The molecule has 0 saturated carbocycles. The van der Waals surface area contributed by atoms with Crippen molar-refractivity contribution in [2.24, 2.45) is 4.99 Å². The van der Waals surface area contributed by atoms with Gasteiger partial charge in [0.25, 0.3) is 0 Å². The van der Waals surface area contributed by atoms with E-state index in [4.69, 9.17) is 4.74 Å². The van der Waals surface area contributed by atoms with E-state index in [1.54, 1.807) is 24.4 Å². The number of nitrogens with zero attached hydrogens (tertiary/aromatic N) is 2. The van der Waals surface area contributed by atoms with Crippen molar-refractivity contribution in [1.82, 2.24) is 4.98 Å². The monoisotopic (exact) mass is 356 g/mol. The molecular formula is C18H13FN2O3S. The van der Waals surface area contributed by atoms with Crippen LogP contribution >= 0.6 is 11.8 Å². The second kappa shape index (κ2) is 7.31. The number of carbonyl (C=O) groups is 1. The molecule has 1 aliphatic rings. The zero-order valence-corrected chi connectivity index (χ0v) is 14.0. The molecule has 25 heavy (non-hydrogen) atoms. The summed E-state index contributed by atoms with van der Waals surface area (Å²) in [6.45, 7) is 0. The number of ether oxygens (including phenoxy) is 1. The maximum atomic E-state index is 13.0. The molecule has 1 aliphatic heterocycles. The number of aliphatic imine (C=N–C) groups is 1. The molecule has 7 heteroatoms. The van der Waals surface area contributed by atoms with E-state index in [1.165, 1.54) is 31.4 Å². The summed E-state index contributed by atoms with van der Waals surface area (Å²) in [4.78, 5) is 21.0. The summed E-state index contributed by atoms with van der Waals surface area (Å²) in [5.41, 5.74) is 1.06. The zero-order chi connectivity index (χ0) is 17.8. The van der Waals surface area contributed by atoms with E-state index >= 15 is 0 Å². The number of rotatable bonds is 3. The van der Waals surface area contributed by atoms with Gasteiger partial charge in [-0.25, -0.2) is 14.2 Å². The van der Waals surface area contributed by atoms with E-state index < -0.39 is 5.97 Å². The Morgan fingerprint density at radius 2 is 2.04 bits per heavy atom. The van der Waals surface area contributed by atoms with Crippen molar-refractivity contribution in [3.63, 3.8) is 0 Å². The highest BCUT2D eigenvalue weighted by molar-refractivity contribution is 8.18. The first-order valence-electron chi connectivity index (χ1n) is 7.25. The van der Waals surface area contributed by atoms with Gasteiger partial charge in [0, 0.05) is 6.20 Å². The SMILES string of the molecule is COC(=O)C1=C(O)C(=Cc2ccccn2)SC1=Nc1ccc(F)cc1. The molecule has 0 bridgehead atoms. The van der Waals surface area contributed by atoms with Crippen LogP contribution in [-0.2, 0) is 9.53 Å². The number of aliphatic hydroxyl groups is 1. The molecule has 3 rings (SSSR count). The third kappa shape index (κ3) is 3.77. The predicted octanol–water partition coefficient (Wildman–Crippen LogP) is 4.02. The van der Waals surface area contributed by atoms with Crippen LogP contribution in [0.1, 0.15) is 5.69 Å². The number of pyridine rings is 1. The molecule has 1 aromatic carbocycles. The number of aromatic nitrogens is 1. The Labute approximate surface area is 147 Å². The molecule has 0 saturated heterocycles. The largest absolute Gasteiger partial charge is 0.506 e. The van der Waals surface area contributed by atoms with Crippen molar-refractivity contribution < 1.29 is 19.0 Å². The van der Waals surface area contributed by atoms with Gasteiger partial charge in [0.05, 0.1) is 23.4 Å². The molecule has 2 heterocycles. The fourth-order valence-corrected chi connectivity index (χ4v) is 3.14.